The number of likely N-dealkylation sites (N-methyl/N-ethyl adjacent to an activating group) is 1. The fourth-order valence-electron chi connectivity index (χ4n) is 2.37. The highest BCUT2D eigenvalue weighted by molar-refractivity contribution is 9.10. The maximum Gasteiger partial charge on any atom is 0.128 e. The van der Waals surface area contributed by atoms with E-state index in [1.165, 1.54) is 6.07 Å². The van der Waals surface area contributed by atoms with Gasteiger partial charge in [-0.15, -0.1) is 0 Å². The van der Waals surface area contributed by atoms with Gasteiger partial charge in [0.05, 0.1) is 6.04 Å². The fourth-order valence-corrected chi connectivity index (χ4v) is 2.75. The number of nitrogens with two attached hydrogens (primary N) is 1. The van der Waals surface area contributed by atoms with Crippen LogP contribution in [0.1, 0.15) is 39.3 Å². The number of benzene rings is 1. The third-order valence-corrected chi connectivity index (χ3v) is 4.13. The molecule has 2 N–H and O–H groups in total. The second-order valence-electron chi connectivity index (χ2n) is 4.97. The Kier molecular flexibility index (Phi) is 5.32. The van der Waals surface area contributed by atoms with Crippen LogP contribution < -0.4 is 5.73 Å². The van der Waals surface area contributed by atoms with Crippen LogP contribution in [0.25, 0.3) is 0 Å². The minimum absolute atomic E-state index is 0.245. The van der Waals surface area contributed by atoms with Crippen molar-refractivity contribution < 1.29 is 4.39 Å². The molecular formula is C14H22BrFN2. The van der Waals surface area contributed by atoms with Gasteiger partial charge in [-0.1, -0.05) is 29.8 Å². The highest BCUT2D eigenvalue weighted by atomic mass is 79.9. The summed E-state index contributed by atoms with van der Waals surface area (Å²) in [6, 6.07) is 4.55. The van der Waals surface area contributed by atoms with Crippen LogP contribution in [0.15, 0.2) is 22.7 Å². The molecule has 2 nitrogen and oxygen atoms in total. The van der Waals surface area contributed by atoms with Crippen LogP contribution in [0.2, 0.25) is 0 Å². The van der Waals surface area contributed by atoms with Gasteiger partial charge in [-0.2, -0.15) is 0 Å². The first-order chi connectivity index (χ1) is 8.34. The van der Waals surface area contributed by atoms with Crippen molar-refractivity contribution in [2.75, 3.05) is 13.1 Å². The molecule has 4 heteroatoms. The molecule has 0 aliphatic rings. The smallest absolute Gasteiger partial charge is 0.128 e. The Morgan fingerprint density at radius 3 is 2.39 bits per heavy atom. The van der Waals surface area contributed by atoms with E-state index in [9.17, 15) is 4.39 Å². The number of hydrogen-bond acceptors (Lipinski definition) is 2. The standard InChI is InChI=1S/C14H22BrFN2/c1-5-18(6-2)14(3,4)13(17)11-9-10(15)7-8-12(11)16/h7-9,13H,5-6,17H2,1-4H3. The summed E-state index contributed by atoms with van der Waals surface area (Å²) in [4.78, 5) is 2.25. The van der Waals surface area contributed by atoms with E-state index in [4.69, 9.17) is 5.73 Å². The average Bonchev–Trinajstić information content (AvgIpc) is 2.32. The first kappa shape index (κ1) is 15.6. The number of halogens is 2. The molecule has 0 aliphatic heterocycles. The molecule has 1 atom stereocenters. The number of hydrogen-bond donors (Lipinski definition) is 1. The molecule has 0 saturated heterocycles. The summed E-state index contributed by atoms with van der Waals surface area (Å²) in [7, 11) is 0. The van der Waals surface area contributed by atoms with Crippen molar-refractivity contribution in [3.8, 4) is 0 Å². The molecule has 102 valence electrons. The molecule has 0 amide bonds. The van der Waals surface area contributed by atoms with E-state index >= 15 is 0 Å². The van der Waals surface area contributed by atoms with E-state index in [-0.39, 0.29) is 17.4 Å². The summed E-state index contributed by atoms with van der Waals surface area (Å²) in [6.07, 6.45) is 0. The highest BCUT2D eigenvalue weighted by Crippen LogP contribution is 2.31. The molecule has 0 aromatic heterocycles. The van der Waals surface area contributed by atoms with Gasteiger partial charge < -0.3 is 5.73 Å². The van der Waals surface area contributed by atoms with Crippen LogP contribution in [0.5, 0.6) is 0 Å². The Bertz CT molecular complexity index is 403. The van der Waals surface area contributed by atoms with Gasteiger partial charge in [0.1, 0.15) is 5.82 Å². The fraction of sp³-hybridized carbons (Fsp3) is 0.571. The predicted octanol–water partition coefficient (Wildman–Crippen LogP) is 3.71. The Hall–Kier alpha value is -0.450. The van der Waals surface area contributed by atoms with Crippen molar-refractivity contribution in [3.63, 3.8) is 0 Å². The SMILES string of the molecule is CCN(CC)C(C)(C)C(N)c1cc(Br)ccc1F. The molecule has 0 aliphatic carbocycles. The maximum absolute atomic E-state index is 13.9. The summed E-state index contributed by atoms with van der Waals surface area (Å²) >= 11 is 3.37. The van der Waals surface area contributed by atoms with Crippen LogP contribution >= 0.6 is 15.9 Å². The quantitative estimate of drug-likeness (QED) is 0.897. The second-order valence-corrected chi connectivity index (χ2v) is 5.89. The molecule has 0 spiro atoms. The summed E-state index contributed by atoms with van der Waals surface area (Å²) < 4.78 is 14.8. The lowest BCUT2D eigenvalue weighted by Crippen LogP contribution is -2.51. The zero-order valence-electron chi connectivity index (χ0n) is 11.5. The van der Waals surface area contributed by atoms with Crippen LogP contribution in [0.4, 0.5) is 4.39 Å². The Morgan fingerprint density at radius 1 is 1.33 bits per heavy atom. The monoisotopic (exact) mass is 316 g/mol. The zero-order valence-corrected chi connectivity index (χ0v) is 13.1. The van der Waals surface area contributed by atoms with E-state index < -0.39 is 0 Å². The largest absolute Gasteiger partial charge is 0.322 e. The van der Waals surface area contributed by atoms with E-state index in [1.807, 2.05) is 0 Å². The Morgan fingerprint density at radius 2 is 1.89 bits per heavy atom. The average molecular weight is 317 g/mol. The third-order valence-electron chi connectivity index (χ3n) is 3.63. The van der Waals surface area contributed by atoms with Gasteiger partial charge in [0.15, 0.2) is 0 Å². The predicted molar refractivity (Wildman–Crippen MR) is 78.0 cm³/mol. The van der Waals surface area contributed by atoms with Crippen molar-refractivity contribution >= 4 is 15.9 Å². The normalized spacial score (nSPS) is 14.0. The molecule has 1 aromatic carbocycles. The van der Waals surface area contributed by atoms with E-state index in [2.05, 4.69) is 48.5 Å². The van der Waals surface area contributed by atoms with Gasteiger partial charge in [-0.05, 0) is 45.1 Å². The van der Waals surface area contributed by atoms with E-state index in [0.717, 1.165) is 17.6 Å². The van der Waals surface area contributed by atoms with Crippen molar-refractivity contribution in [1.82, 2.24) is 4.90 Å². The highest BCUT2D eigenvalue weighted by Gasteiger charge is 2.33. The minimum atomic E-state index is -0.366. The lowest BCUT2D eigenvalue weighted by atomic mass is 9.87. The first-order valence-electron chi connectivity index (χ1n) is 6.30. The topological polar surface area (TPSA) is 29.3 Å². The molecule has 18 heavy (non-hydrogen) atoms. The lowest BCUT2D eigenvalue weighted by molar-refractivity contribution is 0.105. The Labute approximate surface area is 117 Å². The molecule has 1 aromatic rings. The molecule has 1 rings (SSSR count). The number of nitrogens with zero attached hydrogens (tertiary/aromatic N) is 1. The van der Waals surface area contributed by atoms with Gasteiger partial charge in [0.2, 0.25) is 0 Å². The molecule has 0 saturated carbocycles. The number of rotatable bonds is 5. The van der Waals surface area contributed by atoms with Gasteiger partial charge >= 0.3 is 0 Å². The summed E-state index contributed by atoms with van der Waals surface area (Å²) in [5, 5.41) is 0. The van der Waals surface area contributed by atoms with Crippen molar-refractivity contribution in [2.24, 2.45) is 5.73 Å². The van der Waals surface area contributed by atoms with Crippen molar-refractivity contribution in [2.45, 2.75) is 39.3 Å². The van der Waals surface area contributed by atoms with E-state index in [1.54, 1.807) is 12.1 Å². The van der Waals surface area contributed by atoms with Crippen molar-refractivity contribution in [1.29, 1.82) is 0 Å². The molecule has 1 unspecified atom stereocenters. The van der Waals surface area contributed by atoms with Crippen molar-refractivity contribution in [3.05, 3.63) is 34.1 Å². The maximum atomic E-state index is 13.9. The first-order valence-corrected chi connectivity index (χ1v) is 7.09. The van der Waals surface area contributed by atoms with Gasteiger partial charge in [-0.25, -0.2) is 4.39 Å². The molecule has 0 heterocycles. The molecule has 0 radical (unpaired) electrons. The van der Waals surface area contributed by atoms with Gasteiger partial charge in [0, 0.05) is 15.6 Å². The molecule has 0 bridgehead atoms. The zero-order chi connectivity index (χ0) is 13.9. The lowest BCUT2D eigenvalue weighted by Gasteiger charge is -2.42. The van der Waals surface area contributed by atoms with Gasteiger partial charge in [0.25, 0.3) is 0 Å². The van der Waals surface area contributed by atoms with Crippen LogP contribution in [0, 0.1) is 5.82 Å². The minimum Gasteiger partial charge on any atom is -0.322 e. The molecule has 0 fully saturated rings. The Balaban J connectivity index is 3.12. The molecular weight excluding hydrogens is 295 g/mol. The van der Waals surface area contributed by atoms with Crippen LogP contribution in [-0.4, -0.2) is 23.5 Å². The second kappa shape index (κ2) is 6.13. The van der Waals surface area contributed by atoms with Crippen LogP contribution in [0.3, 0.4) is 0 Å². The summed E-state index contributed by atoms with van der Waals surface area (Å²) in [5.74, 6) is -0.245. The van der Waals surface area contributed by atoms with Gasteiger partial charge in [-0.3, -0.25) is 4.90 Å². The third kappa shape index (κ3) is 3.11. The summed E-state index contributed by atoms with van der Waals surface area (Å²) in [6.45, 7) is 10.1. The summed E-state index contributed by atoms with van der Waals surface area (Å²) in [5.41, 5.74) is 6.56. The van der Waals surface area contributed by atoms with Crippen LogP contribution in [-0.2, 0) is 0 Å². The van der Waals surface area contributed by atoms with E-state index in [0.29, 0.717) is 5.56 Å².